The molecule has 1 saturated heterocycles. The van der Waals surface area contributed by atoms with Gasteiger partial charge >= 0.3 is 0 Å². The highest BCUT2D eigenvalue weighted by atomic mass is 32.1. The van der Waals surface area contributed by atoms with Gasteiger partial charge in [-0.25, -0.2) is 9.97 Å². The molecule has 2 aliphatic rings. The maximum Gasteiger partial charge on any atom is 0.225 e. The van der Waals surface area contributed by atoms with E-state index in [1.165, 1.54) is 5.56 Å². The summed E-state index contributed by atoms with van der Waals surface area (Å²) in [5, 5.41) is 19.3. The molecule has 0 atom stereocenters. The van der Waals surface area contributed by atoms with Gasteiger partial charge in [0.05, 0.1) is 16.3 Å². The van der Waals surface area contributed by atoms with Crippen LogP contribution in [-0.4, -0.2) is 59.0 Å². The number of fused-ring (bicyclic) bond motifs is 2. The molecule has 0 bridgehead atoms. The molecule has 0 radical (unpaired) electrons. The van der Waals surface area contributed by atoms with E-state index in [0.29, 0.717) is 11.4 Å². The van der Waals surface area contributed by atoms with Crippen LogP contribution in [0.2, 0.25) is 0 Å². The molecule has 6 nitrogen and oxygen atoms in total. The van der Waals surface area contributed by atoms with Gasteiger partial charge in [-0.05, 0) is 29.5 Å². The molecule has 1 aromatic carbocycles. The lowest BCUT2D eigenvalue weighted by molar-refractivity contribution is 0.259. The van der Waals surface area contributed by atoms with Crippen LogP contribution >= 0.6 is 11.3 Å². The van der Waals surface area contributed by atoms with Gasteiger partial charge in [0.2, 0.25) is 5.95 Å². The summed E-state index contributed by atoms with van der Waals surface area (Å²) < 4.78 is 0. The third kappa shape index (κ3) is 3.26. The highest BCUT2D eigenvalue weighted by Gasteiger charge is 2.28. The van der Waals surface area contributed by atoms with Crippen LogP contribution in [0.25, 0.3) is 0 Å². The third-order valence-corrected chi connectivity index (χ3v) is 6.67. The van der Waals surface area contributed by atoms with E-state index in [2.05, 4.69) is 25.8 Å². The lowest BCUT2D eigenvalue weighted by atomic mass is 9.84. The summed E-state index contributed by atoms with van der Waals surface area (Å²) in [6.45, 7) is 4.77. The number of thiophene rings is 1. The number of rotatable bonds is 4. The van der Waals surface area contributed by atoms with E-state index in [9.17, 15) is 0 Å². The average Bonchev–Trinajstić information content (AvgIpc) is 3.27. The first-order valence-electron chi connectivity index (χ1n) is 9.84. The summed E-state index contributed by atoms with van der Waals surface area (Å²) in [5.74, 6) is 0.808. The number of piperazine rings is 1. The first kappa shape index (κ1) is 18.1. The van der Waals surface area contributed by atoms with Crippen LogP contribution in [0.4, 0.5) is 5.95 Å². The molecular formula is C22H22N6S. The Morgan fingerprint density at radius 2 is 1.69 bits per heavy atom. The van der Waals surface area contributed by atoms with Crippen molar-refractivity contribution in [2.24, 2.45) is 0 Å². The maximum atomic E-state index is 8.72. The van der Waals surface area contributed by atoms with Gasteiger partial charge in [-0.15, -0.1) is 11.3 Å². The monoisotopic (exact) mass is 402 g/mol. The number of nitrogens with zero attached hydrogens (tertiary/aromatic N) is 4. The van der Waals surface area contributed by atoms with Crippen molar-refractivity contribution in [2.45, 2.75) is 6.42 Å². The molecule has 1 aliphatic heterocycles. The second-order valence-electron chi connectivity index (χ2n) is 7.38. The molecule has 1 fully saturated rings. The van der Waals surface area contributed by atoms with Crippen molar-refractivity contribution in [1.29, 1.82) is 10.8 Å². The van der Waals surface area contributed by atoms with Crippen molar-refractivity contribution in [3.8, 4) is 0 Å². The fourth-order valence-electron chi connectivity index (χ4n) is 4.17. The van der Waals surface area contributed by atoms with Crippen molar-refractivity contribution in [3.63, 3.8) is 0 Å². The summed E-state index contributed by atoms with van der Waals surface area (Å²) in [6.07, 6.45) is 4.47. The first-order valence-corrected chi connectivity index (χ1v) is 10.7. The van der Waals surface area contributed by atoms with Crippen molar-refractivity contribution >= 4 is 28.7 Å². The molecule has 5 rings (SSSR count). The molecule has 2 N–H and O–H groups in total. The predicted octanol–water partition coefficient (Wildman–Crippen LogP) is 3.05. The Kier molecular flexibility index (Phi) is 4.69. The Bertz CT molecular complexity index is 1070. The van der Waals surface area contributed by atoms with Crippen LogP contribution in [-0.2, 0) is 6.42 Å². The lowest BCUT2D eigenvalue weighted by Gasteiger charge is -2.34. The zero-order valence-corrected chi connectivity index (χ0v) is 16.9. The van der Waals surface area contributed by atoms with Crippen LogP contribution < -0.4 is 4.90 Å². The SMILES string of the molecule is N=C1c2ccsc2C(=N)c2c(CCN3CCN(c4ncccn4)CC3)cccc21. The summed E-state index contributed by atoms with van der Waals surface area (Å²) >= 11 is 1.56. The minimum atomic E-state index is 0.547. The van der Waals surface area contributed by atoms with Crippen LogP contribution in [0.1, 0.15) is 27.1 Å². The minimum Gasteiger partial charge on any atom is -0.338 e. The number of anilines is 1. The number of nitrogens with one attached hydrogen (secondary N) is 2. The van der Waals surface area contributed by atoms with Gasteiger partial charge in [-0.1, -0.05) is 18.2 Å². The van der Waals surface area contributed by atoms with Gasteiger partial charge in [-0.2, -0.15) is 0 Å². The van der Waals surface area contributed by atoms with E-state index in [0.717, 1.165) is 66.7 Å². The lowest BCUT2D eigenvalue weighted by Crippen LogP contribution is -2.47. The molecular weight excluding hydrogens is 380 g/mol. The highest BCUT2D eigenvalue weighted by Crippen LogP contribution is 2.32. The van der Waals surface area contributed by atoms with Gasteiger partial charge in [0.25, 0.3) is 0 Å². The standard InChI is InChI=1S/C22H22N6S/c23-19-16-4-1-3-15(18(16)20(24)21-17(19)6-14-29-21)5-9-27-10-12-28(13-11-27)22-25-7-2-8-26-22/h1-4,6-8,14,23-24H,5,9-13H2. The van der Waals surface area contributed by atoms with E-state index in [4.69, 9.17) is 10.8 Å². The summed E-state index contributed by atoms with van der Waals surface area (Å²) in [4.78, 5) is 14.3. The second-order valence-corrected chi connectivity index (χ2v) is 8.30. The van der Waals surface area contributed by atoms with E-state index < -0.39 is 0 Å². The quantitative estimate of drug-likeness (QED) is 0.550. The number of hydrogen-bond acceptors (Lipinski definition) is 7. The average molecular weight is 403 g/mol. The Morgan fingerprint density at radius 1 is 0.897 bits per heavy atom. The summed E-state index contributed by atoms with van der Waals surface area (Å²) in [5.41, 5.74) is 5.02. The third-order valence-electron chi connectivity index (χ3n) is 5.74. The van der Waals surface area contributed by atoms with Crippen molar-refractivity contribution in [2.75, 3.05) is 37.6 Å². The smallest absolute Gasteiger partial charge is 0.225 e. The molecule has 29 heavy (non-hydrogen) atoms. The Balaban J connectivity index is 1.28. The molecule has 3 heterocycles. The Morgan fingerprint density at radius 3 is 2.48 bits per heavy atom. The van der Waals surface area contributed by atoms with Gasteiger partial charge in [0.1, 0.15) is 0 Å². The maximum absolute atomic E-state index is 8.72. The van der Waals surface area contributed by atoms with E-state index in [1.807, 2.05) is 29.6 Å². The second kappa shape index (κ2) is 7.50. The summed E-state index contributed by atoms with van der Waals surface area (Å²) in [7, 11) is 0. The Hall–Kier alpha value is -2.90. The molecule has 0 saturated carbocycles. The van der Waals surface area contributed by atoms with Gasteiger partial charge in [0, 0.05) is 61.8 Å². The van der Waals surface area contributed by atoms with Crippen molar-refractivity contribution in [3.05, 3.63) is 75.2 Å². The van der Waals surface area contributed by atoms with Crippen LogP contribution in [0, 0.1) is 10.8 Å². The number of benzene rings is 1. The van der Waals surface area contributed by atoms with Crippen LogP contribution in [0.5, 0.6) is 0 Å². The van der Waals surface area contributed by atoms with Gasteiger partial charge < -0.3 is 4.90 Å². The largest absolute Gasteiger partial charge is 0.338 e. The number of aromatic nitrogens is 2. The fourth-order valence-corrected chi connectivity index (χ4v) is 5.03. The molecule has 0 amide bonds. The molecule has 3 aromatic rings. The fraction of sp³-hybridized carbons (Fsp3) is 0.273. The molecule has 0 spiro atoms. The molecule has 0 unspecified atom stereocenters. The first-order chi connectivity index (χ1) is 14.2. The highest BCUT2D eigenvalue weighted by molar-refractivity contribution is 7.13. The van der Waals surface area contributed by atoms with E-state index in [1.54, 1.807) is 23.7 Å². The molecule has 7 heteroatoms. The zero-order valence-electron chi connectivity index (χ0n) is 16.1. The van der Waals surface area contributed by atoms with Crippen molar-refractivity contribution < 1.29 is 0 Å². The minimum absolute atomic E-state index is 0.547. The zero-order chi connectivity index (χ0) is 19.8. The van der Waals surface area contributed by atoms with E-state index >= 15 is 0 Å². The van der Waals surface area contributed by atoms with E-state index in [-0.39, 0.29) is 0 Å². The van der Waals surface area contributed by atoms with Crippen molar-refractivity contribution in [1.82, 2.24) is 14.9 Å². The van der Waals surface area contributed by atoms with Gasteiger partial charge in [0.15, 0.2) is 0 Å². The van der Waals surface area contributed by atoms with Crippen LogP contribution in [0.15, 0.2) is 48.1 Å². The van der Waals surface area contributed by atoms with Gasteiger partial charge in [-0.3, -0.25) is 15.7 Å². The number of hydrogen-bond donors (Lipinski definition) is 2. The summed E-state index contributed by atoms with van der Waals surface area (Å²) in [6, 6.07) is 9.93. The molecule has 146 valence electrons. The normalized spacial score (nSPS) is 16.6. The predicted molar refractivity (Wildman–Crippen MR) is 117 cm³/mol. The molecule has 1 aliphatic carbocycles. The Labute approximate surface area is 173 Å². The van der Waals surface area contributed by atoms with Crippen LogP contribution in [0.3, 0.4) is 0 Å². The topological polar surface area (TPSA) is 80.0 Å². The molecule has 2 aromatic heterocycles.